The van der Waals surface area contributed by atoms with Crippen LogP contribution in [0.15, 0.2) is 68.4 Å². The summed E-state index contributed by atoms with van der Waals surface area (Å²) in [6.07, 6.45) is 1.77. The molecule has 0 fully saturated rings. The zero-order valence-corrected chi connectivity index (χ0v) is 16.3. The highest BCUT2D eigenvalue weighted by Gasteiger charge is 2.17. The number of hydrogen-bond donors (Lipinski definition) is 1. The third-order valence-electron chi connectivity index (χ3n) is 4.49. The summed E-state index contributed by atoms with van der Waals surface area (Å²) in [5.41, 5.74) is 3.77. The van der Waals surface area contributed by atoms with Crippen LogP contribution < -0.4 is 5.56 Å². The van der Waals surface area contributed by atoms with Crippen LogP contribution in [0, 0.1) is 6.92 Å². The number of hydrogen-bond acceptors (Lipinski definition) is 5. The maximum absolute atomic E-state index is 12.0. The maximum Gasteiger partial charge on any atom is 0.263 e. The van der Waals surface area contributed by atoms with Crippen molar-refractivity contribution in [2.45, 2.75) is 6.92 Å². The Kier molecular flexibility index (Phi) is 3.84. The van der Waals surface area contributed by atoms with Crippen molar-refractivity contribution in [3.05, 3.63) is 75.3 Å². The van der Waals surface area contributed by atoms with Crippen molar-refractivity contribution in [3.8, 4) is 22.7 Å². The van der Waals surface area contributed by atoms with Gasteiger partial charge >= 0.3 is 0 Å². The number of furan rings is 1. The van der Waals surface area contributed by atoms with Crippen molar-refractivity contribution in [2.24, 2.45) is 0 Å². The summed E-state index contributed by atoms with van der Waals surface area (Å²) in [6, 6.07) is 15.3. The number of nitrogens with one attached hydrogen (secondary N) is 1. The summed E-state index contributed by atoms with van der Waals surface area (Å²) in [5, 5.41) is 1.01. The van der Waals surface area contributed by atoms with Gasteiger partial charge in [0.2, 0.25) is 0 Å². The molecule has 0 aliphatic heterocycles. The van der Waals surface area contributed by atoms with Crippen molar-refractivity contribution in [2.75, 3.05) is 0 Å². The van der Waals surface area contributed by atoms with Crippen LogP contribution in [-0.2, 0) is 0 Å². The number of aromatic nitrogens is 4. The second-order valence-electron chi connectivity index (χ2n) is 6.42. The smallest absolute Gasteiger partial charge is 0.263 e. The summed E-state index contributed by atoms with van der Waals surface area (Å²) in [6.45, 7) is 1.87. The molecule has 0 radical (unpaired) electrons. The summed E-state index contributed by atoms with van der Waals surface area (Å²) < 4.78 is 6.21. The minimum absolute atomic E-state index is 0.257. The van der Waals surface area contributed by atoms with Crippen LogP contribution in [0.4, 0.5) is 0 Å². The average molecular weight is 433 g/mol. The number of nitrogens with zero attached hydrogens (tertiary/aromatic N) is 3. The van der Waals surface area contributed by atoms with Gasteiger partial charge in [-0.05, 0) is 59.3 Å². The molecular weight excluding hydrogens is 420 g/mol. The second-order valence-corrected chi connectivity index (χ2v) is 7.28. The Bertz CT molecular complexity index is 1420. The van der Waals surface area contributed by atoms with Crippen molar-refractivity contribution >= 4 is 38.0 Å². The number of benzene rings is 1. The molecule has 6 nitrogen and oxygen atoms in total. The lowest BCUT2D eigenvalue weighted by molar-refractivity contribution is 0.546. The van der Waals surface area contributed by atoms with Gasteiger partial charge in [0.25, 0.3) is 5.56 Å². The number of pyridine rings is 2. The number of fused-ring (bicyclic) bond motifs is 2. The third-order valence-corrected chi connectivity index (χ3v) is 5.07. The highest BCUT2D eigenvalue weighted by Crippen LogP contribution is 2.33. The molecular formula is C21H13BrN4O2. The molecule has 136 valence electrons. The summed E-state index contributed by atoms with van der Waals surface area (Å²) in [5.74, 6) is 1.37. The summed E-state index contributed by atoms with van der Waals surface area (Å²) in [4.78, 5) is 28.6. The van der Waals surface area contributed by atoms with Gasteiger partial charge in [0.05, 0.1) is 9.99 Å². The predicted molar refractivity (Wildman–Crippen MR) is 111 cm³/mol. The molecule has 0 aliphatic carbocycles. The maximum atomic E-state index is 12.0. The quantitative estimate of drug-likeness (QED) is 0.430. The van der Waals surface area contributed by atoms with Crippen molar-refractivity contribution in [1.82, 2.24) is 19.9 Å². The fraction of sp³-hybridized carbons (Fsp3) is 0.0476. The Morgan fingerprint density at radius 1 is 1.00 bits per heavy atom. The number of aromatic amines is 1. The van der Waals surface area contributed by atoms with Gasteiger partial charge in [-0.15, -0.1) is 0 Å². The standard InChI is InChI=1S/C21H13BrN4O2/c1-11-4-7-17(28-11)19-18(13-5-6-15-12(9-13)3-2-8-23-15)24-16-10-14(22)21(27)26-20(16)25-19/h2-10H,1H3,(H,25,26,27). The molecule has 0 unspecified atom stereocenters. The lowest BCUT2D eigenvalue weighted by atomic mass is 10.1. The lowest BCUT2D eigenvalue weighted by Crippen LogP contribution is -2.08. The molecule has 4 aromatic heterocycles. The molecule has 0 amide bonds. The van der Waals surface area contributed by atoms with Gasteiger partial charge in [0.1, 0.15) is 22.7 Å². The normalized spacial score (nSPS) is 11.4. The van der Waals surface area contributed by atoms with Gasteiger partial charge in [-0.2, -0.15) is 0 Å². The van der Waals surface area contributed by atoms with Crippen LogP contribution in [0.2, 0.25) is 0 Å². The predicted octanol–water partition coefficient (Wildman–Crippen LogP) is 4.86. The molecule has 28 heavy (non-hydrogen) atoms. The number of H-pyrrole nitrogens is 1. The van der Waals surface area contributed by atoms with Crippen molar-refractivity contribution in [1.29, 1.82) is 0 Å². The zero-order valence-electron chi connectivity index (χ0n) is 14.7. The van der Waals surface area contributed by atoms with E-state index in [4.69, 9.17) is 9.40 Å². The van der Waals surface area contributed by atoms with E-state index in [0.717, 1.165) is 22.2 Å². The highest BCUT2D eigenvalue weighted by molar-refractivity contribution is 9.10. The minimum atomic E-state index is -0.257. The van der Waals surface area contributed by atoms with Crippen LogP contribution in [0.25, 0.3) is 44.8 Å². The van der Waals surface area contributed by atoms with Gasteiger partial charge < -0.3 is 9.40 Å². The average Bonchev–Trinajstić information content (AvgIpc) is 3.14. The second kappa shape index (κ2) is 6.38. The zero-order chi connectivity index (χ0) is 19.3. The number of aryl methyl sites for hydroxylation is 1. The molecule has 7 heteroatoms. The Labute approximate surface area is 167 Å². The van der Waals surface area contributed by atoms with Crippen LogP contribution >= 0.6 is 15.9 Å². The first kappa shape index (κ1) is 16.8. The molecule has 5 aromatic rings. The molecule has 0 bridgehead atoms. The Morgan fingerprint density at radius 2 is 1.89 bits per heavy atom. The first-order chi connectivity index (χ1) is 13.6. The highest BCUT2D eigenvalue weighted by atomic mass is 79.9. The van der Waals surface area contributed by atoms with E-state index < -0.39 is 0 Å². The Balaban J connectivity index is 1.83. The molecule has 1 N–H and O–H groups in total. The molecule has 0 spiro atoms. The first-order valence-corrected chi connectivity index (χ1v) is 9.40. The first-order valence-electron chi connectivity index (χ1n) is 8.61. The minimum Gasteiger partial charge on any atom is -0.460 e. The van der Waals surface area contributed by atoms with Crippen molar-refractivity contribution in [3.63, 3.8) is 0 Å². The molecule has 0 atom stereocenters. The monoisotopic (exact) mass is 432 g/mol. The van der Waals surface area contributed by atoms with Crippen LogP contribution in [0.3, 0.4) is 0 Å². The fourth-order valence-corrected chi connectivity index (χ4v) is 3.47. The van der Waals surface area contributed by atoms with Gasteiger partial charge in [0.15, 0.2) is 11.4 Å². The van der Waals surface area contributed by atoms with E-state index in [1.54, 1.807) is 12.3 Å². The molecule has 1 aromatic carbocycles. The molecule has 0 aliphatic rings. The third kappa shape index (κ3) is 2.80. The largest absolute Gasteiger partial charge is 0.460 e. The number of rotatable bonds is 2. The SMILES string of the molecule is Cc1ccc(-c2nc3[nH]c(=O)c(Br)cc3nc2-c2ccc3ncccc3c2)o1. The van der Waals surface area contributed by atoms with E-state index >= 15 is 0 Å². The number of halogens is 1. The Hall–Kier alpha value is -3.32. The topological polar surface area (TPSA) is 84.7 Å². The summed E-state index contributed by atoms with van der Waals surface area (Å²) >= 11 is 3.26. The molecule has 4 heterocycles. The van der Waals surface area contributed by atoms with Gasteiger partial charge in [0, 0.05) is 17.1 Å². The summed E-state index contributed by atoms with van der Waals surface area (Å²) in [7, 11) is 0. The van der Waals surface area contributed by atoms with E-state index in [1.165, 1.54) is 0 Å². The van der Waals surface area contributed by atoms with Crippen LogP contribution in [-0.4, -0.2) is 19.9 Å². The fourth-order valence-electron chi connectivity index (χ4n) is 3.15. The molecule has 0 saturated carbocycles. The van der Waals surface area contributed by atoms with E-state index in [-0.39, 0.29) is 5.56 Å². The van der Waals surface area contributed by atoms with Gasteiger partial charge in [-0.25, -0.2) is 9.97 Å². The van der Waals surface area contributed by atoms with E-state index in [1.807, 2.05) is 49.4 Å². The van der Waals surface area contributed by atoms with Crippen LogP contribution in [0.5, 0.6) is 0 Å². The molecule has 0 saturated heterocycles. The van der Waals surface area contributed by atoms with Gasteiger partial charge in [-0.3, -0.25) is 9.78 Å². The van der Waals surface area contributed by atoms with Crippen LogP contribution in [0.1, 0.15) is 5.76 Å². The van der Waals surface area contributed by atoms with Crippen molar-refractivity contribution < 1.29 is 4.42 Å². The van der Waals surface area contributed by atoms with E-state index in [0.29, 0.717) is 32.8 Å². The van der Waals surface area contributed by atoms with E-state index in [2.05, 4.69) is 30.9 Å². The van der Waals surface area contributed by atoms with Gasteiger partial charge in [-0.1, -0.05) is 12.1 Å². The molecule has 5 rings (SSSR count). The lowest BCUT2D eigenvalue weighted by Gasteiger charge is -2.09. The van der Waals surface area contributed by atoms with E-state index in [9.17, 15) is 4.79 Å². The Morgan fingerprint density at radius 3 is 2.71 bits per heavy atom.